The summed E-state index contributed by atoms with van der Waals surface area (Å²) >= 11 is 0. The van der Waals surface area contributed by atoms with Crippen LogP contribution in [0.25, 0.3) is 11.1 Å². The second kappa shape index (κ2) is 12.0. The number of hydrogen-bond donors (Lipinski definition) is 1. The Bertz CT molecular complexity index is 1190. The van der Waals surface area contributed by atoms with Gasteiger partial charge in [0.1, 0.15) is 12.4 Å². The van der Waals surface area contributed by atoms with Gasteiger partial charge in [-0.1, -0.05) is 44.1 Å². The minimum Gasteiger partial charge on any atom is -0.412 e. The Kier molecular flexibility index (Phi) is 9.43. The van der Waals surface area contributed by atoms with Crippen LogP contribution in [0.15, 0.2) is 35.7 Å². The van der Waals surface area contributed by atoms with Crippen LogP contribution in [0.2, 0.25) is 18.1 Å². The van der Waals surface area contributed by atoms with E-state index in [9.17, 15) is 8.42 Å². The minimum absolute atomic E-state index is 0.0519. The molecule has 1 aromatic heterocycles. The van der Waals surface area contributed by atoms with E-state index in [1.165, 1.54) is 0 Å². The molecule has 2 aromatic rings. The van der Waals surface area contributed by atoms with Gasteiger partial charge < -0.3 is 14.2 Å². The summed E-state index contributed by atoms with van der Waals surface area (Å²) in [6.45, 7) is 12.7. The highest BCUT2D eigenvalue weighted by Gasteiger charge is 2.37. The fourth-order valence-corrected chi connectivity index (χ4v) is 4.88. The summed E-state index contributed by atoms with van der Waals surface area (Å²) in [5.41, 5.74) is 2.51. The number of sulfonamides is 1. The van der Waals surface area contributed by atoms with Gasteiger partial charge in [-0.2, -0.15) is 0 Å². The van der Waals surface area contributed by atoms with E-state index >= 15 is 4.39 Å². The van der Waals surface area contributed by atoms with Crippen LogP contribution in [0.5, 0.6) is 0 Å². The van der Waals surface area contributed by atoms with Gasteiger partial charge in [-0.25, -0.2) is 27.5 Å². The number of oxime groups is 1. The first kappa shape index (κ1) is 29.1. The monoisotopic (exact) mass is 551 g/mol. The molecule has 0 spiro atoms. The molecule has 0 amide bonds. The number of piperidine rings is 1. The third kappa shape index (κ3) is 8.29. The van der Waals surface area contributed by atoms with Crippen LogP contribution in [-0.4, -0.2) is 64.9 Å². The molecule has 0 saturated carbocycles. The Labute approximate surface area is 220 Å². The first-order valence-corrected chi connectivity index (χ1v) is 17.2. The van der Waals surface area contributed by atoms with Gasteiger partial charge in [0, 0.05) is 61.6 Å². The quantitative estimate of drug-likeness (QED) is 0.266. The van der Waals surface area contributed by atoms with Crippen LogP contribution in [0.1, 0.15) is 39.2 Å². The fourth-order valence-electron chi connectivity index (χ4n) is 3.48. The highest BCUT2D eigenvalue weighted by Crippen LogP contribution is 2.37. The van der Waals surface area contributed by atoms with Crippen molar-refractivity contribution in [3.8, 4) is 11.1 Å². The van der Waals surface area contributed by atoms with E-state index in [1.807, 2.05) is 11.0 Å². The lowest BCUT2D eigenvalue weighted by Gasteiger charge is -2.36. The number of halogens is 1. The largest absolute Gasteiger partial charge is 0.412 e. The van der Waals surface area contributed by atoms with Gasteiger partial charge in [0.2, 0.25) is 16.0 Å². The summed E-state index contributed by atoms with van der Waals surface area (Å²) in [5, 5.41) is 4.16. The third-order valence-corrected chi connectivity index (χ3v) is 12.0. The first-order valence-electron chi connectivity index (χ1n) is 12.4. The third-order valence-electron chi connectivity index (χ3n) is 6.80. The van der Waals surface area contributed by atoms with Gasteiger partial charge in [0.15, 0.2) is 8.32 Å². The van der Waals surface area contributed by atoms with Gasteiger partial charge in [-0.05, 0) is 18.1 Å². The maximum absolute atomic E-state index is 15.3. The van der Waals surface area contributed by atoms with Crippen molar-refractivity contribution >= 4 is 30.0 Å². The second-order valence-corrected chi connectivity index (χ2v) is 17.4. The molecule has 1 aliphatic heterocycles. The molecule has 3 rings (SSSR count). The van der Waals surface area contributed by atoms with E-state index in [1.54, 1.807) is 24.5 Å². The van der Waals surface area contributed by atoms with Crippen molar-refractivity contribution in [1.29, 1.82) is 0 Å². The van der Waals surface area contributed by atoms with E-state index in [0.717, 1.165) is 12.0 Å². The summed E-state index contributed by atoms with van der Waals surface area (Å²) in [5.74, 6) is 0.280. The van der Waals surface area contributed by atoms with Crippen LogP contribution >= 0.6 is 0 Å². The van der Waals surface area contributed by atoms with Gasteiger partial charge in [-0.3, -0.25) is 0 Å². The highest BCUT2D eigenvalue weighted by molar-refractivity contribution is 7.88. The molecule has 1 fully saturated rings. The van der Waals surface area contributed by atoms with Crippen molar-refractivity contribution in [1.82, 2.24) is 14.7 Å². The SMILES string of the molecule is CC(C)(C)[Si](C)(C)OCc1cccc(-c2cnc(N3CCC(=NOCCNS(C)(=O)=O)CC3)nc2)c1F. The molecular formula is C25H38FN5O4SSi. The minimum atomic E-state index is -3.23. The van der Waals surface area contributed by atoms with Crippen molar-refractivity contribution in [2.45, 2.75) is 58.4 Å². The highest BCUT2D eigenvalue weighted by atomic mass is 32.2. The number of benzene rings is 1. The van der Waals surface area contributed by atoms with E-state index < -0.39 is 18.3 Å². The predicted octanol–water partition coefficient (Wildman–Crippen LogP) is 4.33. The number of rotatable bonds is 10. The van der Waals surface area contributed by atoms with Crippen molar-refractivity contribution in [2.24, 2.45) is 5.16 Å². The smallest absolute Gasteiger partial charge is 0.225 e. The molecule has 12 heteroatoms. The van der Waals surface area contributed by atoms with Gasteiger partial charge in [0.05, 0.1) is 18.6 Å². The standard InChI is InChI=1S/C25H38FN5O4SSi/c1-25(2,3)37(5,6)35-18-19-8-7-9-22(23(19)26)20-16-27-24(28-17-20)31-13-10-21(11-14-31)30-34-15-12-29-36(4,32)33/h7-9,16-17,29H,10-15,18H2,1-6H3. The van der Waals surface area contributed by atoms with Gasteiger partial charge >= 0.3 is 0 Å². The maximum atomic E-state index is 15.3. The summed E-state index contributed by atoms with van der Waals surface area (Å²) in [6, 6.07) is 5.33. The zero-order chi connectivity index (χ0) is 27.3. The van der Waals surface area contributed by atoms with Crippen LogP contribution in [0.3, 0.4) is 0 Å². The lowest BCUT2D eigenvalue weighted by atomic mass is 10.1. The zero-order valence-corrected chi connectivity index (χ0v) is 24.4. The lowest BCUT2D eigenvalue weighted by molar-refractivity contribution is 0.148. The molecule has 1 saturated heterocycles. The number of anilines is 1. The molecule has 0 bridgehead atoms. The van der Waals surface area contributed by atoms with Gasteiger partial charge in [0.25, 0.3) is 0 Å². The number of nitrogens with one attached hydrogen (secondary N) is 1. The maximum Gasteiger partial charge on any atom is 0.225 e. The molecule has 0 atom stereocenters. The van der Waals surface area contributed by atoms with E-state index in [-0.39, 0.29) is 30.6 Å². The molecule has 1 aliphatic rings. The molecule has 0 unspecified atom stereocenters. The van der Waals surface area contributed by atoms with E-state index in [4.69, 9.17) is 9.26 Å². The summed E-state index contributed by atoms with van der Waals surface area (Å²) in [7, 11) is -5.23. The number of aromatic nitrogens is 2. The number of nitrogens with zero attached hydrogens (tertiary/aromatic N) is 4. The fraction of sp³-hybridized carbons (Fsp3) is 0.560. The summed E-state index contributed by atoms with van der Waals surface area (Å²) < 4.78 is 46.0. The Hall–Kier alpha value is -2.41. The van der Waals surface area contributed by atoms with Crippen molar-refractivity contribution in [3.05, 3.63) is 42.0 Å². The Morgan fingerprint density at radius 1 is 1.16 bits per heavy atom. The first-order chi connectivity index (χ1) is 17.3. The number of hydrogen-bond acceptors (Lipinski definition) is 8. The predicted molar refractivity (Wildman–Crippen MR) is 147 cm³/mol. The molecule has 2 heterocycles. The van der Waals surface area contributed by atoms with E-state index in [2.05, 4.69) is 53.7 Å². The average molecular weight is 552 g/mol. The molecule has 1 aromatic carbocycles. The van der Waals surface area contributed by atoms with Crippen LogP contribution < -0.4 is 9.62 Å². The molecule has 9 nitrogen and oxygen atoms in total. The normalized spacial score (nSPS) is 15.1. The summed E-state index contributed by atoms with van der Waals surface area (Å²) in [6.07, 6.45) is 5.79. The summed E-state index contributed by atoms with van der Waals surface area (Å²) in [4.78, 5) is 16.2. The zero-order valence-electron chi connectivity index (χ0n) is 22.5. The van der Waals surface area contributed by atoms with Crippen molar-refractivity contribution in [2.75, 3.05) is 37.4 Å². The molecular weight excluding hydrogens is 513 g/mol. The van der Waals surface area contributed by atoms with Crippen LogP contribution in [-0.2, 0) is 25.9 Å². The Morgan fingerprint density at radius 3 is 2.41 bits per heavy atom. The molecule has 204 valence electrons. The van der Waals surface area contributed by atoms with Crippen molar-refractivity contribution in [3.63, 3.8) is 0 Å². The molecule has 37 heavy (non-hydrogen) atoms. The molecule has 0 radical (unpaired) electrons. The van der Waals surface area contributed by atoms with Gasteiger partial charge in [-0.15, -0.1) is 0 Å². The van der Waals surface area contributed by atoms with Crippen molar-refractivity contribution < 1.29 is 22.1 Å². The van der Waals surface area contributed by atoms with Crippen LogP contribution in [0, 0.1) is 5.82 Å². The van der Waals surface area contributed by atoms with E-state index in [0.29, 0.717) is 48.6 Å². The molecule has 0 aliphatic carbocycles. The lowest BCUT2D eigenvalue weighted by Crippen LogP contribution is -2.40. The van der Waals surface area contributed by atoms with Crippen LogP contribution in [0.4, 0.5) is 10.3 Å². The average Bonchev–Trinajstić information content (AvgIpc) is 2.82. The molecule has 1 N–H and O–H groups in total. The Morgan fingerprint density at radius 2 is 1.81 bits per heavy atom. The Balaban J connectivity index is 1.57. The topological polar surface area (TPSA) is 106 Å². The second-order valence-electron chi connectivity index (χ2n) is 10.7.